The lowest BCUT2D eigenvalue weighted by Crippen LogP contribution is -3.00. The Morgan fingerprint density at radius 1 is 0.769 bits per heavy atom. The van der Waals surface area contributed by atoms with Crippen LogP contribution in [0.25, 0.3) is 0 Å². The van der Waals surface area contributed by atoms with Crippen LogP contribution in [0, 0.1) is 6.92 Å². The molecule has 0 radical (unpaired) electrons. The molecule has 0 aliphatic rings. The summed E-state index contributed by atoms with van der Waals surface area (Å²) in [5.74, 6) is 0.865. The molecule has 0 aliphatic carbocycles. The predicted octanol–water partition coefficient (Wildman–Crippen LogP) is 4.74. The summed E-state index contributed by atoms with van der Waals surface area (Å²) in [6.45, 7) is 8.86. The highest BCUT2D eigenvalue weighted by Crippen LogP contribution is 2.21. The molecule has 0 aliphatic heterocycles. The summed E-state index contributed by atoms with van der Waals surface area (Å²) in [6.07, 6.45) is 22.4. The molecule has 0 saturated carbocycles. The zero-order valence-corrected chi connectivity index (χ0v) is 27.9. The van der Waals surface area contributed by atoms with Crippen LogP contribution in [-0.2, 0) is 29.7 Å². The van der Waals surface area contributed by atoms with E-state index in [2.05, 4.69) is 18.4 Å². The normalized spacial score (nSPS) is 11.5. The first kappa shape index (κ1) is 35.8. The molecule has 222 valence electrons. The topological polar surface area (TPSA) is 50.5 Å². The molecule has 0 N–H and O–H groups in total. The van der Waals surface area contributed by atoms with Gasteiger partial charge in [-0.1, -0.05) is 90.5 Å². The van der Waals surface area contributed by atoms with E-state index in [1.165, 1.54) is 76.9 Å². The van der Waals surface area contributed by atoms with E-state index in [0.717, 1.165) is 48.4 Å². The third kappa shape index (κ3) is 15.4. The molecule has 0 spiro atoms. The van der Waals surface area contributed by atoms with Crippen LogP contribution in [0.15, 0.2) is 42.7 Å². The summed E-state index contributed by atoms with van der Waals surface area (Å²) in [4.78, 5) is 0. The van der Waals surface area contributed by atoms with Gasteiger partial charge in [0.15, 0.2) is 12.4 Å². The van der Waals surface area contributed by atoms with Crippen molar-refractivity contribution in [1.82, 2.24) is 4.31 Å². The quantitative estimate of drug-likeness (QED) is 0.110. The molecule has 0 atom stereocenters. The van der Waals surface area contributed by atoms with Gasteiger partial charge in [0.2, 0.25) is 10.0 Å². The van der Waals surface area contributed by atoms with Gasteiger partial charge >= 0.3 is 0 Å². The van der Waals surface area contributed by atoms with Crippen molar-refractivity contribution < 1.29 is 41.7 Å². The number of aromatic nitrogens is 1. The molecular formula is C32H53IN2O3S. The summed E-state index contributed by atoms with van der Waals surface area (Å²) in [7, 11) is -3.35. The van der Waals surface area contributed by atoms with Crippen LogP contribution in [0.4, 0.5) is 0 Å². The molecule has 39 heavy (non-hydrogen) atoms. The number of hydrogen-bond acceptors (Lipinski definition) is 3. The van der Waals surface area contributed by atoms with Gasteiger partial charge < -0.3 is 28.7 Å². The van der Waals surface area contributed by atoms with Gasteiger partial charge in [-0.05, 0) is 42.2 Å². The Morgan fingerprint density at radius 2 is 1.33 bits per heavy atom. The number of unbranched alkanes of at least 4 members (excludes halogenated alkanes) is 11. The van der Waals surface area contributed by atoms with E-state index in [4.69, 9.17) is 4.74 Å². The molecule has 0 amide bonds. The number of aryl methyl sites for hydroxylation is 2. The maximum Gasteiger partial charge on any atom is 0.211 e. The minimum Gasteiger partial charge on any atom is -1.00 e. The Kier molecular flexibility index (Phi) is 19.0. The molecule has 5 nitrogen and oxygen atoms in total. The standard InChI is InChI=1S/C32H53N2O3S.HI/c1-5-7-8-9-10-11-12-13-14-15-16-17-25-37-32-19-18-31(29(3)26-32)28-34(38(4,35)36)27-30-20-23-33(22-6-2)24-21-30;/h18-21,23-24,26H,5-17,22,25,27-28H2,1-4H3;1H/q+1;/p-1. The smallest absolute Gasteiger partial charge is 0.211 e. The lowest BCUT2D eigenvalue weighted by atomic mass is 10.1. The van der Waals surface area contributed by atoms with Gasteiger partial charge in [0, 0.05) is 31.6 Å². The van der Waals surface area contributed by atoms with Crippen molar-refractivity contribution in [2.45, 2.75) is 124 Å². The highest BCUT2D eigenvalue weighted by atomic mass is 127. The van der Waals surface area contributed by atoms with Gasteiger partial charge in [-0.3, -0.25) is 0 Å². The van der Waals surface area contributed by atoms with Crippen LogP contribution in [0.5, 0.6) is 5.75 Å². The van der Waals surface area contributed by atoms with E-state index in [9.17, 15) is 8.42 Å². The fourth-order valence-electron chi connectivity index (χ4n) is 4.75. The van der Waals surface area contributed by atoms with Crippen molar-refractivity contribution in [3.63, 3.8) is 0 Å². The van der Waals surface area contributed by atoms with E-state index < -0.39 is 10.0 Å². The average molecular weight is 673 g/mol. The number of halogens is 1. The number of sulfonamides is 1. The Labute approximate surface area is 256 Å². The largest absolute Gasteiger partial charge is 1.00 e. The molecule has 0 fully saturated rings. The van der Waals surface area contributed by atoms with Gasteiger partial charge in [0.05, 0.1) is 12.9 Å². The average Bonchev–Trinajstić information content (AvgIpc) is 2.88. The third-order valence-corrected chi connectivity index (χ3v) is 8.39. The SMILES string of the molecule is CCCCCCCCCCCCCCOc1ccc(CN(Cc2cc[n+](CCC)cc2)S(C)(=O)=O)c(C)c1.[I-]. The summed E-state index contributed by atoms with van der Waals surface area (Å²) in [6, 6.07) is 10.0. The Morgan fingerprint density at radius 3 is 1.85 bits per heavy atom. The van der Waals surface area contributed by atoms with Crippen molar-refractivity contribution in [1.29, 1.82) is 0 Å². The summed E-state index contributed by atoms with van der Waals surface area (Å²) in [5, 5.41) is 0. The maximum atomic E-state index is 12.5. The fraction of sp³-hybridized carbons (Fsp3) is 0.656. The van der Waals surface area contributed by atoms with Crippen molar-refractivity contribution >= 4 is 10.0 Å². The summed E-state index contributed by atoms with van der Waals surface area (Å²) >= 11 is 0. The lowest BCUT2D eigenvalue weighted by molar-refractivity contribution is -0.697. The first-order valence-electron chi connectivity index (χ1n) is 15.0. The Bertz CT molecular complexity index is 1010. The molecule has 1 aromatic heterocycles. The van der Waals surface area contributed by atoms with Crippen molar-refractivity contribution in [2.24, 2.45) is 0 Å². The molecule has 7 heteroatoms. The van der Waals surface area contributed by atoms with Crippen molar-refractivity contribution in [3.8, 4) is 5.75 Å². The van der Waals surface area contributed by atoms with E-state index in [1.54, 1.807) is 4.31 Å². The van der Waals surface area contributed by atoms with Gasteiger partial charge in [0.1, 0.15) is 12.3 Å². The summed E-state index contributed by atoms with van der Waals surface area (Å²) < 4.78 is 34.7. The third-order valence-electron chi connectivity index (χ3n) is 7.20. The number of pyridine rings is 1. The van der Waals surface area contributed by atoms with Crippen molar-refractivity contribution in [3.05, 3.63) is 59.4 Å². The number of hydrogen-bond donors (Lipinski definition) is 0. The van der Waals surface area contributed by atoms with Crippen LogP contribution in [0.2, 0.25) is 0 Å². The molecule has 0 saturated heterocycles. The minimum absolute atomic E-state index is 0. The van der Waals surface area contributed by atoms with E-state index in [-0.39, 0.29) is 24.0 Å². The number of benzene rings is 1. The predicted molar refractivity (Wildman–Crippen MR) is 159 cm³/mol. The van der Waals surface area contributed by atoms with Gasteiger partial charge in [-0.15, -0.1) is 0 Å². The molecule has 0 unspecified atom stereocenters. The molecule has 2 rings (SSSR count). The number of nitrogens with zero attached hydrogens (tertiary/aromatic N) is 2. The molecule has 1 heterocycles. The fourth-order valence-corrected chi connectivity index (χ4v) is 5.51. The second-order valence-electron chi connectivity index (χ2n) is 10.8. The van der Waals surface area contributed by atoms with Crippen LogP contribution in [0.3, 0.4) is 0 Å². The van der Waals surface area contributed by atoms with Gasteiger partial charge in [0.25, 0.3) is 0 Å². The minimum atomic E-state index is -3.35. The second kappa shape index (κ2) is 20.7. The second-order valence-corrected chi connectivity index (χ2v) is 12.8. The van der Waals surface area contributed by atoms with Crippen LogP contribution in [-0.4, -0.2) is 25.6 Å². The van der Waals surface area contributed by atoms with Crippen LogP contribution < -0.4 is 33.3 Å². The van der Waals surface area contributed by atoms with E-state index in [0.29, 0.717) is 13.1 Å². The lowest BCUT2D eigenvalue weighted by Gasteiger charge is -2.21. The molecular weight excluding hydrogens is 619 g/mol. The zero-order valence-electron chi connectivity index (χ0n) is 25.0. The molecule has 2 aromatic rings. The Balaban J connectivity index is 0.00000760. The maximum absolute atomic E-state index is 12.5. The number of rotatable bonds is 21. The monoisotopic (exact) mass is 672 g/mol. The van der Waals surface area contributed by atoms with Crippen molar-refractivity contribution in [2.75, 3.05) is 12.9 Å². The molecule has 1 aromatic carbocycles. The Hall–Kier alpha value is -1.19. The van der Waals surface area contributed by atoms with E-state index in [1.807, 2.05) is 49.6 Å². The first-order chi connectivity index (χ1) is 18.3. The van der Waals surface area contributed by atoms with Crippen LogP contribution >= 0.6 is 0 Å². The summed E-state index contributed by atoms with van der Waals surface area (Å²) in [5.41, 5.74) is 3.05. The number of ether oxygens (including phenoxy) is 1. The zero-order chi connectivity index (χ0) is 27.6. The molecule has 0 bridgehead atoms. The van der Waals surface area contributed by atoms with Gasteiger partial charge in [-0.2, -0.15) is 4.31 Å². The highest BCUT2D eigenvalue weighted by Gasteiger charge is 2.19. The first-order valence-corrected chi connectivity index (χ1v) is 16.8. The van der Waals surface area contributed by atoms with Gasteiger partial charge in [-0.25, -0.2) is 13.0 Å². The van der Waals surface area contributed by atoms with E-state index >= 15 is 0 Å². The van der Waals surface area contributed by atoms with Crippen LogP contribution in [0.1, 0.15) is 114 Å². The highest BCUT2D eigenvalue weighted by molar-refractivity contribution is 7.88.